The molecule has 4 nitrogen and oxygen atoms in total. The molecule has 0 aliphatic carbocycles. The van der Waals surface area contributed by atoms with Crippen molar-refractivity contribution in [3.8, 4) is 6.07 Å². The fraction of sp³-hybridized carbons (Fsp3) is 0.435. The zero-order valence-corrected chi connectivity index (χ0v) is 16.3. The lowest BCUT2D eigenvalue weighted by atomic mass is 10.1. The number of anilines is 1. The van der Waals surface area contributed by atoms with Crippen LogP contribution in [0, 0.1) is 18.3 Å². The number of piperazine rings is 1. The topological polar surface area (TPSA) is 42.3 Å². The summed E-state index contributed by atoms with van der Waals surface area (Å²) in [6, 6.07) is 18.8. The van der Waals surface area contributed by atoms with Crippen LogP contribution in [0.1, 0.15) is 29.5 Å². The lowest BCUT2D eigenvalue weighted by Crippen LogP contribution is -2.46. The fourth-order valence-corrected chi connectivity index (χ4v) is 3.57. The largest absolute Gasteiger partial charge is 0.369 e. The van der Waals surface area contributed by atoms with Crippen molar-refractivity contribution in [2.75, 3.05) is 44.2 Å². The van der Waals surface area contributed by atoms with Crippen molar-refractivity contribution < 1.29 is 0 Å². The highest BCUT2D eigenvalue weighted by molar-refractivity contribution is 5.48. The van der Waals surface area contributed by atoms with Crippen LogP contribution in [0.15, 0.2) is 48.5 Å². The molecule has 0 amide bonds. The molecule has 0 aromatic heterocycles. The van der Waals surface area contributed by atoms with Gasteiger partial charge in [0, 0.05) is 38.4 Å². The second kappa shape index (κ2) is 10.1. The standard InChI is InChI=1S/C23H30N4/c1-20-5-4-6-23(17-20)27-15-13-26(14-16-27)12-3-2-11-25-19-22-9-7-21(18-24)8-10-22/h4-10,17,25H,2-3,11-16,19H2,1H3. The van der Waals surface area contributed by atoms with Crippen molar-refractivity contribution >= 4 is 5.69 Å². The van der Waals surface area contributed by atoms with E-state index in [2.05, 4.69) is 52.4 Å². The molecule has 1 aliphatic heterocycles. The zero-order valence-electron chi connectivity index (χ0n) is 16.3. The Labute approximate surface area is 163 Å². The molecule has 4 heteroatoms. The number of hydrogen-bond donors (Lipinski definition) is 1. The number of unbranched alkanes of at least 4 members (excludes halogenated alkanes) is 1. The Kier molecular flexibility index (Phi) is 7.27. The van der Waals surface area contributed by atoms with Crippen LogP contribution in [-0.2, 0) is 6.54 Å². The van der Waals surface area contributed by atoms with E-state index in [9.17, 15) is 0 Å². The molecule has 1 fully saturated rings. The minimum atomic E-state index is 0.723. The van der Waals surface area contributed by atoms with Gasteiger partial charge in [-0.2, -0.15) is 5.26 Å². The molecule has 2 aromatic rings. The van der Waals surface area contributed by atoms with E-state index in [1.54, 1.807) is 0 Å². The Hall–Kier alpha value is -2.35. The third-order valence-electron chi connectivity index (χ3n) is 5.23. The molecule has 0 bridgehead atoms. The SMILES string of the molecule is Cc1cccc(N2CCN(CCCCNCc3ccc(C#N)cc3)CC2)c1. The molecule has 0 unspecified atom stereocenters. The summed E-state index contributed by atoms with van der Waals surface area (Å²) < 4.78 is 0. The Balaban J connectivity index is 1.26. The van der Waals surface area contributed by atoms with Crippen molar-refractivity contribution in [2.24, 2.45) is 0 Å². The lowest BCUT2D eigenvalue weighted by Gasteiger charge is -2.36. The summed E-state index contributed by atoms with van der Waals surface area (Å²) in [5, 5.41) is 12.3. The zero-order chi connectivity index (χ0) is 18.9. The summed E-state index contributed by atoms with van der Waals surface area (Å²) >= 11 is 0. The molecule has 27 heavy (non-hydrogen) atoms. The molecule has 3 rings (SSSR count). The molecule has 1 N–H and O–H groups in total. The average Bonchev–Trinajstić information content (AvgIpc) is 2.71. The van der Waals surface area contributed by atoms with Crippen LogP contribution >= 0.6 is 0 Å². The van der Waals surface area contributed by atoms with E-state index in [-0.39, 0.29) is 0 Å². The van der Waals surface area contributed by atoms with Crippen LogP contribution in [0.4, 0.5) is 5.69 Å². The van der Waals surface area contributed by atoms with Crippen molar-refractivity contribution in [3.05, 3.63) is 65.2 Å². The Morgan fingerprint density at radius 3 is 2.48 bits per heavy atom. The molecule has 0 saturated carbocycles. The normalized spacial score (nSPS) is 14.9. The van der Waals surface area contributed by atoms with Crippen LogP contribution in [0.5, 0.6) is 0 Å². The summed E-state index contributed by atoms with van der Waals surface area (Å²) in [6.45, 7) is 9.85. The van der Waals surface area contributed by atoms with Gasteiger partial charge in [-0.05, 0) is 68.2 Å². The number of nitrogens with zero attached hydrogens (tertiary/aromatic N) is 3. The van der Waals surface area contributed by atoms with E-state index in [0.717, 1.165) is 44.8 Å². The minimum absolute atomic E-state index is 0.723. The second-order valence-corrected chi connectivity index (χ2v) is 7.36. The van der Waals surface area contributed by atoms with Gasteiger partial charge in [0.2, 0.25) is 0 Å². The third-order valence-corrected chi connectivity index (χ3v) is 5.23. The van der Waals surface area contributed by atoms with Crippen LogP contribution in [0.2, 0.25) is 0 Å². The summed E-state index contributed by atoms with van der Waals surface area (Å²) in [5.74, 6) is 0. The molecule has 0 spiro atoms. The molecule has 2 aromatic carbocycles. The first-order valence-corrected chi connectivity index (χ1v) is 9.98. The maximum absolute atomic E-state index is 8.82. The fourth-order valence-electron chi connectivity index (χ4n) is 3.57. The first kappa shape index (κ1) is 19.4. The number of nitriles is 1. The summed E-state index contributed by atoms with van der Waals surface area (Å²) in [6.07, 6.45) is 2.44. The first-order valence-electron chi connectivity index (χ1n) is 9.98. The molecule has 0 atom stereocenters. The van der Waals surface area contributed by atoms with Crippen molar-refractivity contribution in [2.45, 2.75) is 26.3 Å². The van der Waals surface area contributed by atoms with Crippen LogP contribution in [-0.4, -0.2) is 44.2 Å². The van der Waals surface area contributed by atoms with E-state index >= 15 is 0 Å². The van der Waals surface area contributed by atoms with Crippen LogP contribution in [0.25, 0.3) is 0 Å². The highest BCUT2D eigenvalue weighted by Crippen LogP contribution is 2.17. The van der Waals surface area contributed by atoms with Crippen LogP contribution < -0.4 is 10.2 Å². The molecule has 1 saturated heterocycles. The summed E-state index contributed by atoms with van der Waals surface area (Å²) in [7, 11) is 0. The van der Waals surface area contributed by atoms with Gasteiger partial charge in [0.05, 0.1) is 11.6 Å². The monoisotopic (exact) mass is 362 g/mol. The van der Waals surface area contributed by atoms with Gasteiger partial charge in [-0.1, -0.05) is 24.3 Å². The first-order chi connectivity index (χ1) is 13.2. The van der Waals surface area contributed by atoms with E-state index < -0.39 is 0 Å². The Morgan fingerprint density at radius 1 is 1.00 bits per heavy atom. The van der Waals surface area contributed by atoms with Gasteiger partial charge in [0.25, 0.3) is 0 Å². The van der Waals surface area contributed by atoms with E-state index in [0.29, 0.717) is 0 Å². The Morgan fingerprint density at radius 2 is 1.78 bits per heavy atom. The van der Waals surface area contributed by atoms with E-state index in [1.807, 2.05) is 24.3 Å². The van der Waals surface area contributed by atoms with Gasteiger partial charge >= 0.3 is 0 Å². The second-order valence-electron chi connectivity index (χ2n) is 7.36. The maximum Gasteiger partial charge on any atom is 0.0991 e. The predicted molar refractivity (Wildman–Crippen MR) is 112 cm³/mol. The van der Waals surface area contributed by atoms with Gasteiger partial charge in [0.1, 0.15) is 0 Å². The Bertz CT molecular complexity index is 740. The molecule has 142 valence electrons. The van der Waals surface area contributed by atoms with Crippen molar-refractivity contribution in [1.82, 2.24) is 10.2 Å². The van der Waals surface area contributed by atoms with E-state index in [4.69, 9.17) is 5.26 Å². The quantitative estimate of drug-likeness (QED) is 0.729. The number of nitrogens with one attached hydrogen (secondary N) is 1. The van der Waals surface area contributed by atoms with Crippen molar-refractivity contribution in [1.29, 1.82) is 5.26 Å². The third kappa shape index (κ3) is 6.09. The van der Waals surface area contributed by atoms with Gasteiger partial charge in [-0.25, -0.2) is 0 Å². The smallest absolute Gasteiger partial charge is 0.0991 e. The minimum Gasteiger partial charge on any atom is -0.369 e. The number of rotatable bonds is 8. The molecule has 0 radical (unpaired) electrons. The molecular formula is C23H30N4. The summed E-state index contributed by atoms with van der Waals surface area (Å²) in [4.78, 5) is 5.09. The van der Waals surface area contributed by atoms with E-state index in [1.165, 1.54) is 36.2 Å². The summed E-state index contributed by atoms with van der Waals surface area (Å²) in [5.41, 5.74) is 4.66. The van der Waals surface area contributed by atoms with Gasteiger partial charge in [0.15, 0.2) is 0 Å². The lowest BCUT2D eigenvalue weighted by molar-refractivity contribution is 0.252. The van der Waals surface area contributed by atoms with Gasteiger partial charge in [-0.15, -0.1) is 0 Å². The molecule has 1 aliphatic rings. The average molecular weight is 363 g/mol. The molecular weight excluding hydrogens is 332 g/mol. The van der Waals surface area contributed by atoms with Crippen molar-refractivity contribution in [3.63, 3.8) is 0 Å². The maximum atomic E-state index is 8.82. The highest BCUT2D eigenvalue weighted by atomic mass is 15.3. The number of benzene rings is 2. The highest BCUT2D eigenvalue weighted by Gasteiger charge is 2.16. The van der Waals surface area contributed by atoms with Gasteiger partial charge in [-0.3, -0.25) is 4.90 Å². The predicted octanol–water partition coefficient (Wildman–Crippen LogP) is 3.56. The van der Waals surface area contributed by atoms with Gasteiger partial charge < -0.3 is 10.2 Å². The molecule has 1 heterocycles. The number of aryl methyl sites for hydroxylation is 1. The number of hydrogen-bond acceptors (Lipinski definition) is 4. The van der Waals surface area contributed by atoms with Crippen LogP contribution in [0.3, 0.4) is 0 Å².